The lowest BCUT2D eigenvalue weighted by Gasteiger charge is -2.08. The zero-order valence-electron chi connectivity index (χ0n) is 10.6. The highest BCUT2D eigenvalue weighted by molar-refractivity contribution is 7.89. The van der Waals surface area contributed by atoms with Crippen molar-refractivity contribution < 1.29 is 8.42 Å². The Hall–Kier alpha value is -1.41. The third-order valence-corrected chi connectivity index (χ3v) is 3.57. The minimum atomic E-state index is -3.19. The molecule has 1 aromatic rings. The third kappa shape index (κ3) is 5.28. The minimum Gasteiger partial charge on any atom is -0.370 e. The van der Waals surface area contributed by atoms with Crippen molar-refractivity contribution in [3.05, 3.63) is 12.4 Å². The van der Waals surface area contributed by atoms with E-state index in [2.05, 4.69) is 32.2 Å². The predicted octanol–water partition coefficient (Wildman–Crippen LogP) is 0.260. The van der Waals surface area contributed by atoms with Crippen LogP contribution in [0.5, 0.6) is 0 Å². The minimum absolute atomic E-state index is 0.00518. The van der Waals surface area contributed by atoms with Crippen LogP contribution >= 0.6 is 0 Å². The van der Waals surface area contributed by atoms with E-state index >= 15 is 0 Å². The lowest BCUT2D eigenvalue weighted by Crippen LogP contribution is -2.26. The first-order valence-corrected chi connectivity index (χ1v) is 7.43. The Morgan fingerprint density at radius 2 is 1.78 bits per heavy atom. The molecule has 7 nitrogen and oxygen atoms in total. The molecule has 0 amide bonds. The summed E-state index contributed by atoms with van der Waals surface area (Å²) >= 11 is 0. The quantitative estimate of drug-likeness (QED) is 0.629. The van der Waals surface area contributed by atoms with Crippen molar-refractivity contribution in [3.63, 3.8) is 0 Å². The van der Waals surface area contributed by atoms with Crippen molar-refractivity contribution in [2.24, 2.45) is 0 Å². The van der Waals surface area contributed by atoms with Crippen LogP contribution in [0, 0.1) is 0 Å². The van der Waals surface area contributed by atoms with Gasteiger partial charge in [-0.15, -0.1) is 0 Å². The van der Waals surface area contributed by atoms with E-state index in [1.807, 2.05) is 0 Å². The van der Waals surface area contributed by atoms with E-state index < -0.39 is 10.0 Å². The molecule has 0 spiro atoms. The van der Waals surface area contributed by atoms with E-state index in [9.17, 15) is 8.42 Å². The van der Waals surface area contributed by atoms with Crippen LogP contribution in [0.2, 0.25) is 0 Å². The fourth-order valence-electron chi connectivity index (χ4n) is 1.22. The molecule has 1 heterocycles. The molecule has 0 saturated carbocycles. The van der Waals surface area contributed by atoms with Gasteiger partial charge >= 0.3 is 0 Å². The molecule has 0 unspecified atom stereocenters. The Bertz CT molecular complexity index is 463. The summed E-state index contributed by atoms with van der Waals surface area (Å²) in [5.41, 5.74) is 0. The smallest absolute Gasteiger partial charge is 0.213 e. The molecule has 102 valence electrons. The van der Waals surface area contributed by atoms with E-state index in [-0.39, 0.29) is 5.75 Å². The first-order valence-electron chi connectivity index (χ1n) is 5.78. The Morgan fingerprint density at radius 1 is 1.17 bits per heavy atom. The summed E-state index contributed by atoms with van der Waals surface area (Å²) in [4.78, 5) is 8.07. The molecule has 0 saturated heterocycles. The van der Waals surface area contributed by atoms with E-state index in [1.54, 1.807) is 6.07 Å². The van der Waals surface area contributed by atoms with Crippen LogP contribution in [0.1, 0.15) is 13.3 Å². The number of aromatic nitrogens is 2. The standard InChI is InChI=1S/C10H19N5O2S/c1-3-4-12-9-7-10(15-8-14-9)13-5-6-18(16,17)11-2/h7-8,11H,3-6H2,1-2H3,(H2,12,13,14,15). The molecular formula is C10H19N5O2S. The van der Waals surface area contributed by atoms with Gasteiger partial charge in [-0.1, -0.05) is 6.92 Å². The van der Waals surface area contributed by atoms with Crippen molar-refractivity contribution in [1.82, 2.24) is 14.7 Å². The summed E-state index contributed by atoms with van der Waals surface area (Å²) in [6, 6.07) is 1.75. The van der Waals surface area contributed by atoms with Crippen LogP contribution in [-0.4, -0.2) is 44.3 Å². The van der Waals surface area contributed by atoms with E-state index in [1.165, 1.54) is 13.4 Å². The van der Waals surface area contributed by atoms with Gasteiger partial charge in [0.1, 0.15) is 18.0 Å². The second kappa shape index (κ2) is 7.12. The normalized spacial score (nSPS) is 11.2. The fraction of sp³-hybridized carbons (Fsp3) is 0.600. The Kier molecular flexibility index (Phi) is 5.79. The highest BCUT2D eigenvalue weighted by Gasteiger charge is 2.06. The maximum absolute atomic E-state index is 11.2. The second-order valence-electron chi connectivity index (χ2n) is 3.67. The maximum Gasteiger partial charge on any atom is 0.213 e. The summed E-state index contributed by atoms with van der Waals surface area (Å²) < 4.78 is 24.7. The largest absolute Gasteiger partial charge is 0.370 e. The van der Waals surface area contributed by atoms with Crippen molar-refractivity contribution in [2.45, 2.75) is 13.3 Å². The van der Waals surface area contributed by atoms with Crippen molar-refractivity contribution >= 4 is 21.7 Å². The Balaban J connectivity index is 2.47. The summed E-state index contributed by atoms with van der Waals surface area (Å²) in [5, 5.41) is 6.07. The fourth-order valence-corrected chi connectivity index (χ4v) is 1.79. The van der Waals surface area contributed by atoms with E-state index in [0.717, 1.165) is 18.8 Å². The third-order valence-electron chi connectivity index (χ3n) is 2.21. The molecule has 8 heteroatoms. The number of sulfonamides is 1. The van der Waals surface area contributed by atoms with Crippen molar-refractivity contribution in [2.75, 3.05) is 36.5 Å². The topological polar surface area (TPSA) is 96.0 Å². The summed E-state index contributed by atoms with van der Waals surface area (Å²) in [5.74, 6) is 1.34. The molecule has 18 heavy (non-hydrogen) atoms. The SMILES string of the molecule is CCCNc1cc(NCCS(=O)(=O)NC)ncn1. The first kappa shape index (κ1) is 14.7. The molecule has 0 radical (unpaired) electrons. The van der Waals surface area contributed by atoms with Gasteiger partial charge in [-0.25, -0.2) is 23.1 Å². The van der Waals surface area contributed by atoms with Gasteiger partial charge in [0.15, 0.2) is 0 Å². The number of hydrogen-bond donors (Lipinski definition) is 3. The molecule has 1 aromatic heterocycles. The van der Waals surface area contributed by atoms with Crippen LogP contribution in [-0.2, 0) is 10.0 Å². The summed E-state index contributed by atoms with van der Waals surface area (Å²) in [6.45, 7) is 3.20. The second-order valence-corrected chi connectivity index (χ2v) is 5.71. The molecule has 0 fully saturated rings. The number of nitrogens with one attached hydrogen (secondary N) is 3. The summed E-state index contributed by atoms with van der Waals surface area (Å²) in [6.07, 6.45) is 2.44. The average Bonchev–Trinajstić information content (AvgIpc) is 2.37. The van der Waals surface area contributed by atoms with Gasteiger partial charge in [0.2, 0.25) is 10.0 Å². The Morgan fingerprint density at radius 3 is 2.33 bits per heavy atom. The van der Waals surface area contributed by atoms with Crippen molar-refractivity contribution in [3.8, 4) is 0 Å². The van der Waals surface area contributed by atoms with Crippen LogP contribution < -0.4 is 15.4 Å². The van der Waals surface area contributed by atoms with Crippen LogP contribution in [0.15, 0.2) is 12.4 Å². The first-order chi connectivity index (χ1) is 8.57. The van der Waals surface area contributed by atoms with Gasteiger partial charge in [-0.3, -0.25) is 0 Å². The number of nitrogens with zero attached hydrogens (tertiary/aromatic N) is 2. The maximum atomic E-state index is 11.2. The van der Waals surface area contributed by atoms with Gasteiger partial charge in [0, 0.05) is 19.2 Å². The molecule has 0 aliphatic rings. The molecule has 0 aromatic carbocycles. The van der Waals surface area contributed by atoms with Gasteiger partial charge in [-0.2, -0.15) is 0 Å². The van der Waals surface area contributed by atoms with Gasteiger partial charge in [-0.05, 0) is 13.5 Å². The molecule has 3 N–H and O–H groups in total. The number of hydrogen-bond acceptors (Lipinski definition) is 6. The Labute approximate surface area is 107 Å². The summed E-state index contributed by atoms with van der Waals surface area (Å²) in [7, 11) is -1.79. The van der Waals surface area contributed by atoms with Crippen LogP contribution in [0.25, 0.3) is 0 Å². The molecular weight excluding hydrogens is 254 g/mol. The molecule has 0 atom stereocenters. The highest BCUT2D eigenvalue weighted by atomic mass is 32.2. The molecule has 1 rings (SSSR count). The van der Waals surface area contributed by atoms with Gasteiger partial charge in [0.25, 0.3) is 0 Å². The van der Waals surface area contributed by atoms with Crippen LogP contribution in [0.4, 0.5) is 11.6 Å². The number of rotatable bonds is 8. The van der Waals surface area contributed by atoms with E-state index in [4.69, 9.17) is 0 Å². The number of anilines is 2. The van der Waals surface area contributed by atoms with Gasteiger partial charge < -0.3 is 10.6 Å². The lowest BCUT2D eigenvalue weighted by atomic mass is 10.4. The lowest BCUT2D eigenvalue weighted by molar-refractivity contribution is 0.588. The zero-order chi connectivity index (χ0) is 13.4. The van der Waals surface area contributed by atoms with Crippen LogP contribution in [0.3, 0.4) is 0 Å². The molecule has 0 aliphatic carbocycles. The predicted molar refractivity (Wildman–Crippen MR) is 72.1 cm³/mol. The highest BCUT2D eigenvalue weighted by Crippen LogP contribution is 2.08. The monoisotopic (exact) mass is 273 g/mol. The zero-order valence-corrected chi connectivity index (χ0v) is 11.4. The van der Waals surface area contributed by atoms with Crippen molar-refractivity contribution in [1.29, 1.82) is 0 Å². The van der Waals surface area contributed by atoms with Gasteiger partial charge in [0.05, 0.1) is 5.75 Å². The van der Waals surface area contributed by atoms with E-state index in [0.29, 0.717) is 12.4 Å². The average molecular weight is 273 g/mol. The molecule has 0 bridgehead atoms. The molecule has 0 aliphatic heterocycles.